The van der Waals surface area contributed by atoms with Crippen molar-refractivity contribution in [3.63, 3.8) is 0 Å². The summed E-state index contributed by atoms with van der Waals surface area (Å²) in [6.45, 7) is 2.46. The first-order valence-electron chi connectivity index (χ1n) is 9.91. The van der Waals surface area contributed by atoms with Crippen LogP contribution in [0.5, 0.6) is 0 Å². The number of hydrogen-bond donors (Lipinski definition) is 1. The molecule has 0 bridgehead atoms. The molecule has 1 N–H and O–H groups in total. The molecule has 0 fully saturated rings. The zero-order chi connectivity index (χ0) is 22.5. The normalized spacial score (nSPS) is 10.8. The van der Waals surface area contributed by atoms with E-state index >= 15 is 0 Å². The van der Waals surface area contributed by atoms with Gasteiger partial charge in [-0.25, -0.2) is 4.39 Å². The number of nitrogens with one attached hydrogen (secondary N) is 1. The standard InChI is InChI=1S/C24H20ClFN4OS/c1-16-7-12-21(20(25)13-16)27-22(31)15-32-24-29-28-23(18-8-10-19(26)11-9-18)30(24)14-17-5-3-2-4-6-17/h2-13H,14-15H2,1H3,(H,27,31). The Hall–Kier alpha value is -3.16. The van der Waals surface area contributed by atoms with E-state index in [9.17, 15) is 9.18 Å². The number of aromatic nitrogens is 3. The van der Waals surface area contributed by atoms with E-state index in [1.807, 2.05) is 47.9 Å². The SMILES string of the molecule is Cc1ccc(NC(=O)CSc2nnc(-c3ccc(F)cc3)n2Cc2ccccc2)c(Cl)c1. The van der Waals surface area contributed by atoms with Crippen LogP contribution in [0.15, 0.2) is 78.0 Å². The van der Waals surface area contributed by atoms with Gasteiger partial charge < -0.3 is 5.32 Å². The van der Waals surface area contributed by atoms with Crippen LogP contribution in [-0.4, -0.2) is 26.4 Å². The minimum Gasteiger partial charge on any atom is -0.324 e. The maximum Gasteiger partial charge on any atom is 0.234 e. The molecule has 4 rings (SSSR count). The quantitative estimate of drug-likeness (QED) is 0.348. The molecule has 32 heavy (non-hydrogen) atoms. The van der Waals surface area contributed by atoms with Gasteiger partial charge in [-0.2, -0.15) is 0 Å². The lowest BCUT2D eigenvalue weighted by molar-refractivity contribution is -0.113. The number of thioether (sulfide) groups is 1. The van der Waals surface area contributed by atoms with Crippen LogP contribution in [0.1, 0.15) is 11.1 Å². The molecule has 0 unspecified atom stereocenters. The van der Waals surface area contributed by atoms with Gasteiger partial charge in [-0.1, -0.05) is 59.8 Å². The largest absolute Gasteiger partial charge is 0.324 e. The Morgan fingerprint density at radius 1 is 1.06 bits per heavy atom. The minimum atomic E-state index is -0.316. The fraction of sp³-hybridized carbons (Fsp3) is 0.125. The number of halogens is 2. The van der Waals surface area contributed by atoms with Crippen molar-refractivity contribution < 1.29 is 9.18 Å². The van der Waals surface area contributed by atoms with Crippen molar-refractivity contribution in [3.05, 3.63) is 94.8 Å². The van der Waals surface area contributed by atoms with E-state index in [-0.39, 0.29) is 17.5 Å². The second-order valence-electron chi connectivity index (χ2n) is 7.20. The molecule has 0 saturated carbocycles. The first-order chi connectivity index (χ1) is 15.5. The highest BCUT2D eigenvalue weighted by Gasteiger charge is 2.17. The molecular formula is C24H20ClFN4OS. The average Bonchev–Trinajstić information content (AvgIpc) is 3.18. The van der Waals surface area contributed by atoms with Crippen LogP contribution in [0.3, 0.4) is 0 Å². The number of carbonyl (C=O) groups excluding carboxylic acids is 1. The van der Waals surface area contributed by atoms with Crippen molar-refractivity contribution in [1.29, 1.82) is 0 Å². The highest BCUT2D eigenvalue weighted by molar-refractivity contribution is 7.99. The van der Waals surface area contributed by atoms with Crippen molar-refractivity contribution in [2.24, 2.45) is 0 Å². The van der Waals surface area contributed by atoms with E-state index < -0.39 is 0 Å². The predicted octanol–water partition coefficient (Wildman–Crippen LogP) is 5.83. The van der Waals surface area contributed by atoms with Gasteiger partial charge in [0.2, 0.25) is 5.91 Å². The summed E-state index contributed by atoms with van der Waals surface area (Å²) in [5, 5.41) is 12.5. The highest BCUT2D eigenvalue weighted by atomic mass is 35.5. The molecular weight excluding hydrogens is 447 g/mol. The predicted molar refractivity (Wildman–Crippen MR) is 127 cm³/mol. The number of amides is 1. The lowest BCUT2D eigenvalue weighted by Crippen LogP contribution is -2.15. The molecule has 162 valence electrons. The van der Waals surface area contributed by atoms with Crippen molar-refractivity contribution in [2.45, 2.75) is 18.6 Å². The van der Waals surface area contributed by atoms with Crippen LogP contribution >= 0.6 is 23.4 Å². The topological polar surface area (TPSA) is 59.8 Å². The number of nitrogens with zero attached hydrogens (tertiary/aromatic N) is 3. The summed E-state index contributed by atoms with van der Waals surface area (Å²) in [6.07, 6.45) is 0. The van der Waals surface area contributed by atoms with E-state index in [4.69, 9.17) is 11.6 Å². The van der Waals surface area contributed by atoms with Gasteiger partial charge in [0, 0.05) is 5.56 Å². The summed E-state index contributed by atoms with van der Waals surface area (Å²) >= 11 is 7.50. The summed E-state index contributed by atoms with van der Waals surface area (Å²) in [5.41, 5.74) is 3.40. The van der Waals surface area contributed by atoms with Crippen molar-refractivity contribution in [3.8, 4) is 11.4 Å². The van der Waals surface area contributed by atoms with Crippen molar-refractivity contribution >= 4 is 35.0 Å². The van der Waals surface area contributed by atoms with Crippen molar-refractivity contribution in [2.75, 3.05) is 11.1 Å². The molecule has 5 nitrogen and oxygen atoms in total. The molecule has 8 heteroatoms. The highest BCUT2D eigenvalue weighted by Crippen LogP contribution is 2.27. The Balaban J connectivity index is 1.54. The zero-order valence-electron chi connectivity index (χ0n) is 17.3. The van der Waals surface area contributed by atoms with Gasteiger partial charge in [0.25, 0.3) is 0 Å². The van der Waals surface area contributed by atoms with Gasteiger partial charge in [-0.05, 0) is 54.4 Å². The second kappa shape index (κ2) is 9.97. The van der Waals surface area contributed by atoms with E-state index in [0.29, 0.717) is 28.2 Å². The maximum absolute atomic E-state index is 13.4. The molecule has 0 atom stereocenters. The Morgan fingerprint density at radius 3 is 2.53 bits per heavy atom. The van der Waals surface area contributed by atoms with Gasteiger partial charge in [-0.3, -0.25) is 9.36 Å². The molecule has 0 aliphatic carbocycles. The summed E-state index contributed by atoms with van der Waals surface area (Å²) in [7, 11) is 0. The van der Waals surface area contributed by atoms with Gasteiger partial charge in [0.15, 0.2) is 11.0 Å². The lowest BCUT2D eigenvalue weighted by atomic mass is 10.2. The van der Waals surface area contributed by atoms with Crippen LogP contribution in [0.2, 0.25) is 5.02 Å². The van der Waals surface area contributed by atoms with Gasteiger partial charge >= 0.3 is 0 Å². The summed E-state index contributed by atoms with van der Waals surface area (Å²) < 4.78 is 15.3. The monoisotopic (exact) mass is 466 g/mol. The Kier molecular flexibility index (Phi) is 6.87. The lowest BCUT2D eigenvalue weighted by Gasteiger charge is -2.11. The number of hydrogen-bond acceptors (Lipinski definition) is 4. The van der Waals surface area contributed by atoms with Crippen LogP contribution in [0, 0.1) is 12.7 Å². The third-order valence-corrected chi connectivity index (χ3v) is 6.01. The first-order valence-corrected chi connectivity index (χ1v) is 11.3. The van der Waals surface area contributed by atoms with E-state index in [0.717, 1.165) is 16.7 Å². The third kappa shape index (κ3) is 5.36. The Morgan fingerprint density at radius 2 is 1.81 bits per heavy atom. The fourth-order valence-corrected chi connectivity index (χ4v) is 4.17. The summed E-state index contributed by atoms with van der Waals surface area (Å²) in [6, 6.07) is 21.5. The number of benzene rings is 3. The molecule has 0 aliphatic rings. The number of aryl methyl sites for hydroxylation is 1. The van der Waals surface area contributed by atoms with Crippen molar-refractivity contribution in [1.82, 2.24) is 14.8 Å². The van der Waals surface area contributed by atoms with E-state index in [1.165, 1.54) is 23.9 Å². The second-order valence-corrected chi connectivity index (χ2v) is 8.55. The zero-order valence-corrected chi connectivity index (χ0v) is 18.8. The number of rotatable bonds is 7. The van der Waals surface area contributed by atoms with Crippen LogP contribution in [0.4, 0.5) is 10.1 Å². The molecule has 0 aliphatic heterocycles. The molecule has 1 heterocycles. The van der Waals surface area contributed by atoms with Gasteiger partial charge in [0.1, 0.15) is 5.82 Å². The Bertz CT molecular complexity index is 1230. The molecule has 0 radical (unpaired) electrons. The van der Waals surface area contributed by atoms with Crippen LogP contribution in [-0.2, 0) is 11.3 Å². The van der Waals surface area contributed by atoms with Crippen LogP contribution in [0.25, 0.3) is 11.4 Å². The fourth-order valence-electron chi connectivity index (χ4n) is 3.15. The minimum absolute atomic E-state index is 0.139. The number of carbonyl (C=O) groups is 1. The molecule has 0 spiro atoms. The first kappa shape index (κ1) is 22.0. The molecule has 3 aromatic carbocycles. The number of anilines is 1. The van der Waals surface area contributed by atoms with E-state index in [2.05, 4.69) is 15.5 Å². The van der Waals surface area contributed by atoms with Crippen LogP contribution < -0.4 is 5.32 Å². The van der Waals surface area contributed by atoms with Gasteiger partial charge in [-0.15, -0.1) is 10.2 Å². The summed E-state index contributed by atoms with van der Waals surface area (Å²) in [4.78, 5) is 12.5. The Labute approximate surface area is 194 Å². The molecule has 0 saturated heterocycles. The molecule has 1 amide bonds. The smallest absolute Gasteiger partial charge is 0.234 e. The van der Waals surface area contributed by atoms with E-state index in [1.54, 1.807) is 24.3 Å². The average molecular weight is 467 g/mol. The summed E-state index contributed by atoms with van der Waals surface area (Å²) in [5.74, 6) is 0.237. The molecule has 1 aromatic heterocycles. The van der Waals surface area contributed by atoms with Gasteiger partial charge in [0.05, 0.1) is 23.0 Å². The maximum atomic E-state index is 13.4. The third-order valence-electron chi connectivity index (χ3n) is 4.73. The molecule has 4 aromatic rings.